The van der Waals surface area contributed by atoms with E-state index in [-0.39, 0.29) is 6.61 Å². The van der Waals surface area contributed by atoms with Crippen molar-refractivity contribution in [3.8, 4) is 0 Å². The van der Waals surface area contributed by atoms with Crippen LogP contribution in [0.4, 0.5) is 0 Å². The molecule has 0 radical (unpaired) electrons. The summed E-state index contributed by atoms with van der Waals surface area (Å²) in [6.07, 6.45) is 2.47. The smallest absolute Gasteiger partial charge is 0.0558 e. The van der Waals surface area contributed by atoms with Gasteiger partial charge in [-0.25, -0.2) is 0 Å². The van der Waals surface area contributed by atoms with E-state index in [0.717, 1.165) is 26.2 Å². The van der Waals surface area contributed by atoms with Crippen LogP contribution in [0.15, 0.2) is 30.3 Å². The fourth-order valence-corrected chi connectivity index (χ4v) is 2.42. The molecule has 94 valence electrons. The summed E-state index contributed by atoms with van der Waals surface area (Å²) >= 11 is 0. The third kappa shape index (κ3) is 4.11. The van der Waals surface area contributed by atoms with Gasteiger partial charge in [0.1, 0.15) is 0 Å². The highest BCUT2D eigenvalue weighted by molar-refractivity contribution is 5.14. The lowest BCUT2D eigenvalue weighted by Gasteiger charge is -2.32. The molecule has 1 unspecified atom stereocenters. The first-order valence-corrected chi connectivity index (χ1v) is 6.49. The van der Waals surface area contributed by atoms with Crippen molar-refractivity contribution >= 4 is 0 Å². The van der Waals surface area contributed by atoms with Gasteiger partial charge in [0, 0.05) is 25.7 Å². The Labute approximate surface area is 103 Å². The van der Waals surface area contributed by atoms with Crippen LogP contribution in [-0.2, 0) is 6.54 Å². The van der Waals surface area contributed by atoms with Crippen molar-refractivity contribution in [3.05, 3.63) is 35.9 Å². The summed E-state index contributed by atoms with van der Waals surface area (Å²) in [4.78, 5) is 2.34. The van der Waals surface area contributed by atoms with Crippen LogP contribution in [0.1, 0.15) is 18.4 Å². The van der Waals surface area contributed by atoms with E-state index in [1.54, 1.807) is 0 Å². The summed E-state index contributed by atoms with van der Waals surface area (Å²) in [5.74, 6) is 0. The molecule has 0 saturated carbocycles. The SMILES string of the molecule is OCCN1CCCC(NCc2ccccc2)C1. The average molecular weight is 234 g/mol. The Bertz CT molecular complexity index is 313. The van der Waals surface area contributed by atoms with Gasteiger partial charge in [0.25, 0.3) is 0 Å². The second-order valence-electron chi connectivity index (χ2n) is 4.73. The van der Waals surface area contributed by atoms with Crippen LogP contribution in [0.5, 0.6) is 0 Å². The molecule has 0 amide bonds. The number of piperidine rings is 1. The third-order valence-corrected chi connectivity index (χ3v) is 3.36. The lowest BCUT2D eigenvalue weighted by Crippen LogP contribution is -2.46. The van der Waals surface area contributed by atoms with Crippen molar-refractivity contribution in [1.29, 1.82) is 0 Å². The zero-order valence-electron chi connectivity index (χ0n) is 10.3. The Morgan fingerprint density at radius 3 is 2.88 bits per heavy atom. The van der Waals surface area contributed by atoms with Gasteiger partial charge < -0.3 is 10.4 Å². The molecule has 0 bridgehead atoms. The van der Waals surface area contributed by atoms with Crippen molar-refractivity contribution in [1.82, 2.24) is 10.2 Å². The molecular formula is C14H22N2O. The summed E-state index contributed by atoms with van der Waals surface area (Å²) in [6, 6.07) is 11.1. The molecule has 0 aliphatic carbocycles. The first-order chi connectivity index (χ1) is 8.38. The average Bonchev–Trinajstić information content (AvgIpc) is 2.39. The lowest BCUT2D eigenvalue weighted by atomic mass is 10.1. The van der Waals surface area contributed by atoms with E-state index in [4.69, 9.17) is 5.11 Å². The highest BCUT2D eigenvalue weighted by Crippen LogP contribution is 2.10. The van der Waals surface area contributed by atoms with Crippen molar-refractivity contribution in [2.45, 2.75) is 25.4 Å². The number of hydrogen-bond donors (Lipinski definition) is 2. The van der Waals surface area contributed by atoms with Gasteiger partial charge in [-0.3, -0.25) is 4.90 Å². The number of nitrogens with zero attached hydrogens (tertiary/aromatic N) is 1. The molecule has 2 N–H and O–H groups in total. The van der Waals surface area contributed by atoms with E-state index in [0.29, 0.717) is 6.04 Å². The Morgan fingerprint density at radius 2 is 2.12 bits per heavy atom. The molecule has 1 atom stereocenters. The van der Waals surface area contributed by atoms with Gasteiger partial charge in [-0.05, 0) is 24.9 Å². The monoisotopic (exact) mass is 234 g/mol. The van der Waals surface area contributed by atoms with Gasteiger partial charge >= 0.3 is 0 Å². The van der Waals surface area contributed by atoms with Gasteiger partial charge in [0.2, 0.25) is 0 Å². The van der Waals surface area contributed by atoms with Gasteiger partial charge in [-0.2, -0.15) is 0 Å². The molecule has 3 nitrogen and oxygen atoms in total. The maximum atomic E-state index is 8.95. The fourth-order valence-electron chi connectivity index (χ4n) is 2.42. The maximum Gasteiger partial charge on any atom is 0.0558 e. The fraction of sp³-hybridized carbons (Fsp3) is 0.571. The number of hydrogen-bond acceptors (Lipinski definition) is 3. The van der Waals surface area contributed by atoms with Crippen LogP contribution in [0.25, 0.3) is 0 Å². The molecular weight excluding hydrogens is 212 g/mol. The highest BCUT2D eigenvalue weighted by atomic mass is 16.3. The quantitative estimate of drug-likeness (QED) is 0.804. The van der Waals surface area contributed by atoms with Crippen molar-refractivity contribution < 1.29 is 5.11 Å². The zero-order chi connectivity index (χ0) is 11.9. The summed E-state index contributed by atoms with van der Waals surface area (Å²) in [5.41, 5.74) is 1.34. The predicted octanol–water partition coefficient (Wildman–Crippen LogP) is 1.23. The number of β-amino-alcohol motifs (C(OH)–C–C–N with tert-alkyl or cyclic N) is 1. The molecule has 1 saturated heterocycles. The van der Waals surface area contributed by atoms with Gasteiger partial charge in [0.05, 0.1) is 6.61 Å². The molecule has 2 rings (SSSR count). The molecule has 1 aromatic rings. The summed E-state index contributed by atoms with van der Waals surface area (Å²) in [7, 11) is 0. The minimum absolute atomic E-state index is 0.269. The van der Waals surface area contributed by atoms with E-state index in [1.807, 2.05) is 6.07 Å². The summed E-state index contributed by atoms with van der Waals surface area (Å²) in [6.45, 7) is 4.21. The molecule has 3 heteroatoms. The Morgan fingerprint density at radius 1 is 1.29 bits per heavy atom. The Balaban J connectivity index is 1.75. The molecule has 1 aliphatic rings. The number of benzene rings is 1. The van der Waals surface area contributed by atoms with Crippen LogP contribution in [0, 0.1) is 0 Å². The molecule has 0 spiro atoms. The molecule has 1 fully saturated rings. The molecule has 1 heterocycles. The number of aliphatic hydroxyl groups is 1. The van der Waals surface area contributed by atoms with Gasteiger partial charge in [0.15, 0.2) is 0 Å². The van der Waals surface area contributed by atoms with Gasteiger partial charge in [-0.1, -0.05) is 30.3 Å². The van der Waals surface area contributed by atoms with E-state index < -0.39 is 0 Å². The number of aliphatic hydroxyl groups excluding tert-OH is 1. The lowest BCUT2D eigenvalue weighted by molar-refractivity contribution is 0.151. The maximum absolute atomic E-state index is 8.95. The molecule has 0 aromatic heterocycles. The number of nitrogens with one attached hydrogen (secondary N) is 1. The second-order valence-corrected chi connectivity index (χ2v) is 4.73. The standard InChI is InChI=1S/C14H22N2O/c17-10-9-16-8-4-7-14(12-16)15-11-13-5-2-1-3-6-13/h1-3,5-6,14-15,17H,4,7-12H2. The number of likely N-dealkylation sites (tertiary alicyclic amines) is 1. The molecule has 1 aliphatic heterocycles. The summed E-state index contributed by atoms with van der Waals surface area (Å²) < 4.78 is 0. The van der Waals surface area contributed by atoms with Gasteiger partial charge in [-0.15, -0.1) is 0 Å². The normalized spacial score (nSPS) is 21.6. The van der Waals surface area contributed by atoms with Crippen molar-refractivity contribution in [3.63, 3.8) is 0 Å². The molecule has 17 heavy (non-hydrogen) atoms. The first kappa shape index (κ1) is 12.6. The third-order valence-electron chi connectivity index (χ3n) is 3.36. The Hall–Kier alpha value is -0.900. The number of rotatable bonds is 5. The topological polar surface area (TPSA) is 35.5 Å². The van der Waals surface area contributed by atoms with Crippen LogP contribution in [0.2, 0.25) is 0 Å². The highest BCUT2D eigenvalue weighted by Gasteiger charge is 2.18. The zero-order valence-corrected chi connectivity index (χ0v) is 10.3. The second kappa shape index (κ2) is 6.74. The van der Waals surface area contributed by atoms with Crippen LogP contribution in [-0.4, -0.2) is 42.3 Å². The Kier molecular flexibility index (Phi) is 4.98. The predicted molar refractivity (Wildman–Crippen MR) is 69.8 cm³/mol. The summed E-state index contributed by atoms with van der Waals surface area (Å²) in [5, 5.41) is 12.6. The van der Waals surface area contributed by atoms with Crippen LogP contribution < -0.4 is 5.32 Å². The van der Waals surface area contributed by atoms with E-state index in [2.05, 4.69) is 34.5 Å². The minimum atomic E-state index is 0.269. The molecule has 1 aromatic carbocycles. The minimum Gasteiger partial charge on any atom is -0.395 e. The van der Waals surface area contributed by atoms with E-state index in [1.165, 1.54) is 18.4 Å². The van der Waals surface area contributed by atoms with Crippen molar-refractivity contribution in [2.24, 2.45) is 0 Å². The van der Waals surface area contributed by atoms with Crippen LogP contribution in [0.3, 0.4) is 0 Å². The van der Waals surface area contributed by atoms with E-state index in [9.17, 15) is 0 Å². The van der Waals surface area contributed by atoms with Crippen LogP contribution >= 0.6 is 0 Å². The first-order valence-electron chi connectivity index (χ1n) is 6.49. The van der Waals surface area contributed by atoms with Crippen molar-refractivity contribution in [2.75, 3.05) is 26.2 Å². The largest absolute Gasteiger partial charge is 0.395 e. The van der Waals surface area contributed by atoms with E-state index >= 15 is 0 Å².